The van der Waals surface area contributed by atoms with E-state index in [1.54, 1.807) is 0 Å². The molecule has 3 aromatic carbocycles. The van der Waals surface area contributed by atoms with Crippen LogP contribution >= 0.6 is 0 Å². The Morgan fingerprint density at radius 2 is 1.65 bits per heavy atom. The summed E-state index contributed by atoms with van der Waals surface area (Å²) in [6.07, 6.45) is 7.49. The lowest BCUT2D eigenvalue weighted by atomic mass is 9.87. The van der Waals surface area contributed by atoms with Crippen molar-refractivity contribution >= 4 is 10.8 Å². The highest BCUT2D eigenvalue weighted by atomic mass is 14.7. The summed E-state index contributed by atoms with van der Waals surface area (Å²) in [6, 6.07) is 23.4. The summed E-state index contributed by atoms with van der Waals surface area (Å²) in [6.45, 7) is 7.09. The molecule has 0 aliphatic heterocycles. The third-order valence-electron chi connectivity index (χ3n) is 8.64. The van der Waals surface area contributed by atoms with Gasteiger partial charge in [0.05, 0.1) is 5.69 Å². The van der Waals surface area contributed by atoms with Crippen LogP contribution in [-0.2, 0) is 6.42 Å². The van der Waals surface area contributed by atoms with Crippen molar-refractivity contribution in [2.75, 3.05) is 0 Å². The molecule has 1 heterocycles. The Kier molecular flexibility index (Phi) is 4.38. The lowest BCUT2D eigenvalue weighted by molar-refractivity contribution is 0.376. The smallest absolute Gasteiger partial charge is 0.0787 e. The van der Waals surface area contributed by atoms with E-state index in [0.717, 1.165) is 6.42 Å². The second-order valence-electron chi connectivity index (χ2n) is 11.9. The average Bonchev–Trinajstić information content (AvgIpc) is 3.53. The van der Waals surface area contributed by atoms with Crippen LogP contribution in [0.25, 0.3) is 33.2 Å². The number of fused-ring (bicyclic) bond motifs is 4. The second-order valence-corrected chi connectivity index (χ2v) is 11.9. The van der Waals surface area contributed by atoms with Gasteiger partial charge in [-0.3, -0.25) is 4.98 Å². The molecule has 2 fully saturated rings. The molecule has 1 atom stereocenters. The average molecular weight is 444 g/mol. The number of nitrogens with zero attached hydrogens (tertiary/aromatic N) is 1. The predicted octanol–water partition coefficient (Wildman–Crippen LogP) is 8.95. The molecule has 4 aromatic rings. The Balaban J connectivity index is 1.45. The van der Waals surface area contributed by atoms with Gasteiger partial charge in [-0.05, 0) is 114 Å². The molecule has 1 heteroatoms. The summed E-state index contributed by atoms with van der Waals surface area (Å²) in [7, 11) is 0. The van der Waals surface area contributed by atoms with E-state index in [9.17, 15) is 0 Å². The van der Waals surface area contributed by atoms with E-state index in [1.807, 2.05) is 0 Å². The van der Waals surface area contributed by atoms with Crippen molar-refractivity contribution in [3.63, 3.8) is 0 Å². The van der Waals surface area contributed by atoms with E-state index in [0.29, 0.717) is 17.3 Å². The quantitative estimate of drug-likeness (QED) is 0.271. The molecule has 0 radical (unpaired) electrons. The van der Waals surface area contributed by atoms with Crippen LogP contribution in [0.15, 0.2) is 60.7 Å². The first kappa shape index (κ1) is 20.4. The molecule has 1 nitrogen and oxygen atoms in total. The summed E-state index contributed by atoms with van der Waals surface area (Å²) >= 11 is 0. The molecule has 0 N–H and O–H groups in total. The van der Waals surface area contributed by atoms with Gasteiger partial charge in [0, 0.05) is 22.6 Å². The zero-order chi connectivity index (χ0) is 23.0. The monoisotopic (exact) mass is 443 g/mol. The van der Waals surface area contributed by atoms with Crippen molar-refractivity contribution in [1.29, 1.82) is 0 Å². The first-order valence-electron chi connectivity index (χ1n) is 13.1. The summed E-state index contributed by atoms with van der Waals surface area (Å²) in [5.74, 6) is 1.32. The first-order chi connectivity index (χ1) is 16.4. The number of aryl methyl sites for hydroxylation is 1. The molecule has 3 aliphatic rings. The minimum absolute atomic E-state index is 0.458. The van der Waals surface area contributed by atoms with Crippen LogP contribution in [0.4, 0.5) is 0 Å². The number of rotatable bonds is 3. The van der Waals surface area contributed by atoms with Gasteiger partial charge in [0.15, 0.2) is 0 Å². The van der Waals surface area contributed by atoms with Gasteiger partial charge in [-0.15, -0.1) is 0 Å². The van der Waals surface area contributed by atoms with Gasteiger partial charge < -0.3 is 0 Å². The van der Waals surface area contributed by atoms with Crippen molar-refractivity contribution in [3.05, 3.63) is 88.6 Å². The SMILES string of the molecule is Cc1cc2c(c(-c3nc(C4CC4)cc4ccc(C5CCC(C)(C)C5)cc34)c1)Cc1ccccc1-2. The number of benzene rings is 3. The van der Waals surface area contributed by atoms with Gasteiger partial charge in [-0.1, -0.05) is 56.3 Å². The van der Waals surface area contributed by atoms with Crippen LogP contribution < -0.4 is 0 Å². The highest BCUT2D eigenvalue weighted by molar-refractivity contribution is 5.98. The fourth-order valence-electron chi connectivity index (χ4n) is 6.64. The Hall–Kier alpha value is -2.93. The van der Waals surface area contributed by atoms with E-state index in [2.05, 4.69) is 81.4 Å². The highest BCUT2D eigenvalue weighted by Crippen LogP contribution is 2.48. The van der Waals surface area contributed by atoms with Crippen LogP contribution in [0.3, 0.4) is 0 Å². The number of pyridine rings is 1. The van der Waals surface area contributed by atoms with Gasteiger partial charge in [-0.25, -0.2) is 0 Å². The lowest BCUT2D eigenvalue weighted by Crippen LogP contribution is -2.04. The van der Waals surface area contributed by atoms with Gasteiger partial charge in [-0.2, -0.15) is 0 Å². The minimum atomic E-state index is 0.458. The molecule has 7 rings (SSSR count). The molecule has 0 amide bonds. The minimum Gasteiger partial charge on any atom is -0.252 e. The summed E-state index contributed by atoms with van der Waals surface area (Å²) in [5, 5.41) is 2.70. The zero-order valence-corrected chi connectivity index (χ0v) is 20.6. The largest absolute Gasteiger partial charge is 0.252 e. The van der Waals surface area contributed by atoms with E-state index < -0.39 is 0 Å². The Bertz CT molecular complexity index is 1450. The van der Waals surface area contributed by atoms with Crippen molar-refractivity contribution in [2.45, 2.75) is 71.1 Å². The van der Waals surface area contributed by atoms with Crippen LogP contribution in [-0.4, -0.2) is 4.98 Å². The lowest BCUT2D eigenvalue weighted by Gasteiger charge is -2.19. The van der Waals surface area contributed by atoms with E-state index in [4.69, 9.17) is 4.98 Å². The molecule has 3 aliphatic carbocycles. The Labute approximate surface area is 203 Å². The van der Waals surface area contributed by atoms with Crippen molar-refractivity contribution < 1.29 is 0 Å². The molecular formula is C33H33N. The topological polar surface area (TPSA) is 12.9 Å². The summed E-state index contributed by atoms with van der Waals surface area (Å²) < 4.78 is 0. The maximum Gasteiger partial charge on any atom is 0.0787 e. The molecule has 34 heavy (non-hydrogen) atoms. The van der Waals surface area contributed by atoms with E-state index >= 15 is 0 Å². The Morgan fingerprint density at radius 1 is 0.824 bits per heavy atom. The van der Waals surface area contributed by atoms with Crippen molar-refractivity contribution in [1.82, 2.24) is 4.98 Å². The van der Waals surface area contributed by atoms with E-state index in [-0.39, 0.29) is 0 Å². The van der Waals surface area contributed by atoms with Crippen molar-refractivity contribution in [2.24, 2.45) is 5.41 Å². The predicted molar refractivity (Wildman–Crippen MR) is 143 cm³/mol. The van der Waals surface area contributed by atoms with Gasteiger partial charge in [0.2, 0.25) is 0 Å². The van der Waals surface area contributed by atoms with Crippen LogP contribution in [0.1, 0.15) is 85.7 Å². The fourth-order valence-corrected chi connectivity index (χ4v) is 6.64. The number of aromatic nitrogens is 1. The standard InChI is InChI=1S/C33H33N/c1-20-14-28-26-7-5-4-6-23(26)17-29(28)30(15-20)32-27-16-22(25-12-13-33(2,3)19-25)10-11-24(27)18-31(34-32)21-8-9-21/h4-7,10-11,14-16,18,21,25H,8-9,12-13,17,19H2,1-3H3. The third-order valence-corrected chi connectivity index (χ3v) is 8.64. The molecule has 0 saturated heterocycles. The van der Waals surface area contributed by atoms with Gasteiger partial charge in [0.25, 0.3) is 0 Å². The summed E-state index contributed by atoms with van der Waals surface area (Å²) in [5.41, 5.74) is 12.9. The van der Waals surface area contributed by atoms with Gasteiger partial charge >= 0.3 is 0 Å². The molecular weight excluding hydrogens is 410 g/mol. The third kappa shape index (κ3) is 3.32. The maximum absolute atomic E-state index is 5.41. The normalized spacial score (nSPS) is 20.5. The van der Waals surface area contributed by atoms with Crippen molar-refractivity contribution in [3.8, 4) is 22.4 Å². The molecule has 1 aromatic heterocycles. The molecule has 170 valence electrons. The van der Waals surface area contributed by atoms with Crippen LogP contribution in [0.5, 0.6) is 0 Å². The second kappa shape index (κ2) is 7.28. The zero-order valence-electron chi connectivity index (χ0n) is 20.6. The molecule has 1 unspecified atom stereocenters. The highest BCUT2D eigenvalue weighted by Gasteiger charge is 2.32. The number of hydrogen-bond acceptors (Lipinski definition) is 1. The fraction of sp³-hybridized carbons (Fsp3) is 0.364. The van der Waals surface area contributed by atoms with E-state index in [1.165, 1.54) is 93.2 Å². The number of hydrogen-bond donors (Lipinski definition) is 0. The molecule has 0 spiro atoms. The van der Waals surface area contributed by atoms with Crippen LogP contribution in [0, 0.1) is 12.3 Å². The molecule has 2 saturated carbocycles. The van der Waals surface area contributed by atoms with Crippen LogP contribution in [0.2, 0.25) is 0 Å². The first-order valence-corrected chi connectivity index (χ1v) is 13.1. The van der Waals surface area contributed by atoms with Gasteiger partial charge in [0.1, 0.15) is 0 Å². The Morgan fingerprint density at radius 3 is 2.44 bits per heavy atom. The summed E-state index contributed by atoms with van der Waals surface area (Å²) in [4.78, 5) is 5.41. The molecule has 0 bridgehead atoms. The maximum atomic E-state index is 5.41.